The number of benzene rings is 1. The zero-order chi connectivity index (χ0) is 30.8. The average Bonchev–Trinajstić information content (AvgIpc) is 3.53. The lowest BCUT2D eigenvalue weighted by Crippen LogP contribution is -2.28. The summed E-state index contributed by atoms with van der Waals surface area (Å²) in [5, 5.41) is 11.5. The number of hydrogen-bond acceptors (Lipinski definition) is 5. The first-order valence-corrected chi connectivity index (χ1v) is 18.6. The Hall–Kier alpha value is -2.39. The highest BCUT2D eigenvalue weighted by Gasteiger charge is 2.28. The van der Waals surface area contributed by atoms with Crippen molar-refractivity contribution in [2.24, 2.45) is 11.8 Å². The van der Waals surface area contributed by atoms with E-state index in [9.17, 15) is 13.2 Å². The van der Waals surface area contributed by atoms with Crippen LogP contribution in [0.2, 0.25) is 5.02 Å². The van der Waals surface area contributed by atoms with Crippen LogP contribution in [0.3, 0.4) is 0 Å². The topological polar surface area (TPSA) is 109 Å². The van der Waals surface area contributed by atoms with Gasteiger partial charge in [-0.15, -0.1) is 5.10 Å². The summed E-state index contributed by atoms with van der Waals surface area (Å²) in [4.78, 5) is 17.4. The maximum atomic E-state index is 12.8. The number of sulfone groups is 1. The Bertz CT molecular complexity index is 1420. The van der Waals surface area contributed by atoms with E-state index in [1.807, 2.05) is 12.1 Å². The van der Waals surface area contributed by atoms with E-state index in [4.69, 9.17) is 11.6 Å². The lowest BCUT2D eigenvalue weighted by molar-refractivity contribution is -0.118. The van der Waals surface area contributed by atoms with Crippen LogP contribution in [0, 0.1) is 11.8 Å². The van der Waals surface area contributed by atoms with Crippen LogP contribution in [0.5, 0.6) is 0 Å². The molecule has 1 aliphatic carbocycles. The summed E-state index contributed by atoms with van der Waals surface area (Å²) in [7, 11) is -3.29. The van der Waals surface area contributed by atoms with E-state index >= 15 is 0 Å². The lowest BCUT2D eigenvalue weighted by Gasteiger charge is -2.27. The molecule has 3 aromatic rings. The maximum absolute atomic E-state index is 12.8. The van der Waals surface area contributed by atoms with Gasteiger partial charge in [0.25, 0.3) is 0 Å². The van der Waals surface area contributed by atoms with Gasteiger partial charge in [-0.25, -0.2) is 13.4 Å². The van der Waals surface area contributed by atoms with Crippen LogP contribution in [0.15, 0.2) is 24.3 Å². The van der Waals surface area contributed by atoms with Gasteiger partial charge < -0.3 is 5.32 Å². The number of amides is 1. The molecule has 3 unspecified atom stereocenters. The highest BCUT2D eigenvalue weighted by atomic mass is 35.5. The van der Waals surface area contributed by atoms with E-state index < -0.39 is 15.8 Å². The molecule has 2 heterocycles. The SMILES string of the molecule is CCCCCCCCCCCCS(=O)(=O)CC(C)C(=O)Nc1ccc(-c2nc3c(Cl)c(C4CCCCC4C)[nH]n3n2)cc1. The molecular formula is C33H50ClN5O3S. The summed E-state index contributed by atoms with van der Waals surface area (Å²) in [5.74, 6) is 0.586. The van der Waals surface area contributed by atoms with Gasteiger partial charge in [-0.1, -0.05) is 109 Å². The summed E-state index contributed by atoms with van der Waals surface area (Å²) >= 11 is 6.74. The third kappa shape index (κ3) is 9.55. The molecule has 1 amide bonds. The van der Waals surface area contributed by atoms with Crippen molar-refractivity contribution in [1.29, 1.82) is 0 Å². The van der Waals surface area contributed by atoms with Gasteiger partial charge in [-0.2, -0.15) is 4.63 Å². The number of unbranched alkanes of at least 4 members (excludes halogenated alkanes) is 9. The van der Waals surface area contributed by atoms with Crippen LogP contribution in [0.4, 0.5) is 5.69 Å². The molecule has 1 fully saturated rings. The molecule has 10 heteroatoms. The molecule has 1 aliphatic rings. The minimum atomic E-state index is -3.29. The number of carbonyl (C=O) groups excluding carboxylic acids is 1. The van der Waals surface area contributed by atoms with Crippen molar-refractivity contribution in [3.8, 4) is 11.4 Å². The van der Waals surface area contributed by atoms with Crippen LogP contribution in [0.1, 0.15) is 122 Å². The first kappa shape index (κ1) is 33.5. The number of carbonyl (C=O) groups is 1. The predicted octanol–water partition coefficient (Wildman–Crippen LogP) is 8.58. The molecule has 0 bridgehead atoms. The second-order valence-corrected chi connectivity index (χ2v) is 15.2. The monoisotopic (exact) mass is 631 g/mol. The van der Waals surface area contributed by atoms with Gasteiger partial charge in [0, 0.05) is 23.1 Å². The van der Waals surface area contributed by atoms with Gasteiger partial charge in [0.1, 0.15) is 5.02 Å². The minimum Gasteiger partial charge on any atom is -0.326 e. The van der Waals surface area contributed by atoms with E-state index in [1.165, 1.54) is 64.2 Å². The van der Waals surface area contributed by atoms with Crippen molar-refractivity contribution in [3.05, 3.63) is 35.0 Å². The van der Waals surface area contributed by atoms with Crippen LogP contribution >= 0.6 is 11.6 Å². The number of halogens is 1. The lowest BCUT2D eigenvalue weighted by atomic mass is 9.79. The molecule has 238 valence electrons. The summed E-state index contributed by atoms with van der Waals surface area (Å²) in [6.07, 6.45) is 16.4. The number of rotatable bonds is 17. The fourth-order valence-electron chi connectivity index (χ4n) is 6.25. The number of H-pyrrole nitrogens is 1. The predicted molar refractivity (Wildman–Crippen MR) is 176 cm³/mol. The summed E-state index contributed by atoms with van der Waals surface area (Å²) in [6, 6.07) is 7.25. The Morgan fingerprint density at radius 2 is 1.65 bits per heavy atom. The standard InChI is InChI=1S/C33H50ClN5O3S/c1-4-5-6-7-8-9-10-11-12-15-22-43(41,42)23-25(3)33(40)35-27-20-18-26(19-21-27)31-36-32-29(34)30(37-39(32)38-31)28-17-14-13-16-24(28)2/h18-21,24-25,28,37H,4-17,22-23H2,1-3H3,(H,35,40). The number of nitrogens with one attached hydrogen (secondary N) is 2. The highest BCUT2D eigenvalue weighted by molar-refractivity contribution is 7.91. The number of anilines is 1. The largest absolute Gasteiger partial charge is 0.326 e. The van der Waals surface area contributed by atoms with Crippen molar-refractivity contribution >= 4 is 38.7 Å². The molecule has 0 aliphatic heterocycles. The second-order valence-electron chi connectivity index (χ2n) is 12.6. The molecule has 8 nitrogen and oxygen atoms in total. The van der Waals surface area contributed by atoms with Crippen LogP contribution in [-0.2, 0) is 14.6 Å². The van der Waals surface area contributed by atoms with Crippen molar-refractivity contribution < 1.29 is 13.2 Å². The summed E-state index contributed by atoms with van der Waals surface area (Å²) in [5.41, 5.74) is 3.04. The van der Waals surface area contributed by atoms with Crippen molar-refractivity contribution in [1.82, 2.24) is 19.8 Å². The number of nitrogens with zero attached hydrogens (tertiary/aromatic N) is 3. The van der Waals surface area contributed by atoms with Crippen molar-refractivity contribution in [3.63, 3.8) is 0 Å². The first-order valence-electron chi connectivity index (χ1n) is 16.4. The number of aromatic nitrogens is 4. The third-order valence-electron chi connectivity index (χ3n) is 8.92. The number of hydrogen-bond donors (Lipinski definition) is 2. The first-order chi connectivity index (χ1) is 20.7. The zero-order valence-corrected chi connectivity index (χ0v) is 27.8. The quantitative estimate of drug-likeness (QED) is 0.145. The highest BCUT2D eigenvalue weighted by Crippen LogP contribution is 2.40. The molecule has 1 aromatic carbocycles. The van der Waals surface area contributed by atoms with E-state index in [1.54, 1.807) is 23.7 Å². The van der Waals surface area contributed by atoms with Gasteiger partial charge in [-0.05, 0) is 43.0 Å². The third-order valence-corrected chi connectivity index (χ3v) is 11.2. The van der Waals surface area contributed by atoms with Crippen molar-refractivity contribution in [2.45, 2.75) is 117 Å². The smallest absolute Gasteiger partial charge is 0.228 e. The fraction of sp³-hybridized carbons (Fsp3) is 0.667. The van der Waals surface area contributed by atoms with Gasteiger partial charge in [-0.3, -0.25) is 9.89 Å². The minimum absolute atomic E-state index is 0.138. The normalized spacial score (nSPS) is 18.2. The molecule has 4 rings (SSSR count). The van der Waals surface area contributed by atoms with Crippen LogP contribution in [0.25, 0.3) is 17.0 Å². The second kappa shape index (κ2) is 16.1. The van der Waals surface area contributed by atoms with Gasteiger partial charge in [0.15, 0.2) is 21.3 Å². The molecule has 0 saturated heterocycles. The van der Waals surface area contributed by atoms with Crippen molar-refractivity contribution in [2.75, 3.05) is 16.8 Å². The fourth-order valence-corrected chi connectivity index (χ4v) is 8.27. The van der Waals surface area contributed by atoms with Gasteiger partial charge >= 0.3 is 0 Å². The molecular weight excluding hydrogens is 582 g/mol. The van der Waals surface area contributed by atoms with E-state index in [2.05, 4.69) is 34.3 Å². The molecule has 43 heavy (non-hydrogen) atoms. The van der Waals surface area contributed by atoms with Gasteiger partial charge in [0.05, 0.1) is 17.2 Å². The van der Waals surface area contributed by atoms with Crippen LogP contribution in [-0.4, -0.2) is 45.6 Å². The average molecular weight is 632 g/mol. The van der Waals surface area contributed by atoms with E-state index in [0.29, 0.717) is 40.4 Å². The zero-order valence-electron chi connectivity index (χ0n) is 26.2. The Balaban J connectivity index is 1.22. The molecule has 2 aromatic heterocycles. The maximum Gasteiger partial charge on any atom is 0.228 e. The number of aromatic amines is 1. The number of fused-ring (bicyclic) bond motifs is 1. The summed E-state index contributed by atoms with van der Waals surface area (Å²) in [6.45, 7) is 6.18. The van der Waals surface area contributed by atoms with Crippen LogP contribution < -0.4 is 5.32 Å². The molecule has 1 saturated carbocycles. The molecule has 3 atom stereocenters. The molecule has 0 radical (unpaired) electrons. The Morgan fingerprint density at radius 1 is 1.02 bits per heavy atom. The Kier molecular flexibility index (Phi) is 12.5. The summed E-state index contributed by atoms with van der Waals surface area (Å²) < 4.78 is 26.9. The van der Waals surface area contributed by atoms with E-state index in [0.717, 1.165) is 30.5 Å². The Labute approximate surface area is 262 Å². The Morgan fingerprint density at radius 3 is 2.28 bits per heavy atom. The van der Waals surface area contributed by atoms with Gasteiger partial charge in [0.2, 0.25) is 5.91 Å². The van der Waals surface area contributed by atoms with E-state index in [-0.39, 0.29) is 17.4 Å². The molecule has 0 spiro atoms. The molecule has 2 N–H and O–H groups in total.